The number of ether oxygens (including phenoxy) is 2. The summed E-state index contributed by atoms with van der Waals surface area (Å²) < 4.78 is 10.9. The smallest absolute Gasteiger partial charge is 0.119 e. The molecule has 0 radical (unpaired) electrons. The van der Waals surface area contributed by atoms with E-state index in [1.165, 1.54) is 69.8 Å². The highest BCUT2D eigenvalue weighted by Crippen LogP contribution is 2.18. The van der Waals surface area contributed by atoms with Crippen molar-refractivity contribution in [2.45, 2.75) is 83.7 Å². The van der Waals surface area contributed by atoms with Gasteiger partial charge in [-0.3, -0.25) is 0 Å². The van der Waals surface area contributed by atoms with Crippen LogP contribution in [0, 0.1) is 0 Å². The van der Waals surface area contributed by atoms with E-state index in [1.54, 1.807) is 0 Å². The highest BCUT2D eigenvalue weighted by molar-refractivity contribution is 5.28. The number of rotatable bonds is 15. The van der Waals surface area contributed by atoms with Crippen molar-refractivity contribution in [2.24, 2.45) is 0 Å². The Bertz CT molecular complexity index is 477. The molecular weight excluding hydrogens is 308 g/mol. The fraction of sp³-hybridized carbons (Fsp3) is 0.652. The first kappa shape index (κ1) is 20.0. The van der Waals surface area contributed by atoms with Crippen LogP contribution in [0.1, 0.15) is 76.7 Å². The Morgan fingerprint density at radius 2 is 1.72 bits per heavy atom. The molecule has 140 valence electrons. The van der Waals surface area contributed by atoms with Gasteiger partial charge in [-0.25, -0.2) is 0 Å². The van der Waals surface area contributed by atoms with Gasteiger partial charge in [0.15, 0.2) is 0 Å². The molecule has 0 aliphatic carbocycles. The molecule has 0 bridgehead atoms. The number of benzene rings is 1. The van der Waals surface area contributed by atoms with Crippen molar-refractivity contribution in [3.8, 4) is 5.75 Å². The van der Waals surface area contributed by atoms with Crippen LogP contribution in [0.25, 0.3) is 0 Å². The van der Waals surface area contributed by atoms with Crippen LogP contribution >= 0.6 is 0 Å². The van der Waals surface area contributed by atoms with Crippen LogP contribution in [0.4, 0.5) is 0 Å². The molecule has 1 saturated heterocycles. The minimum absolute atomic E-state index is 0.326. The molecule has 0 saturated carbocycles. The van der Waals surface area contributed by atoms with Crippen molar-refractivity contribution in [3.63, 3.8) is 0 Å². The molecule has 1 aromatic rings. The first-order chi connectivity index (χ1) is 12.4. The molecule has 1 aromatic carbocycles. The molecule has 0 spiro atoms. The van der Waals surface area contributed by atoms with Gasteiger partial charge in [0.2, 0.25) is 0 Å². The zero-order chi connectivity index (χ0) is 17.6. The molecule has 2 nitrogen and oxygen atoms in total. The van der Waals surface area contributed by atoms with Gasteiger partial charge >= 0.3 is 0 Å². The maximum absolute atomic E-state index is 5.75. The van der Waals surface area contributed by atoms with Crippen LogP contribution in [-0.4, -0.2) is 19.3 Å². The second-order valence-electron chi connectivity index (χ2n) is 7.19. The molecule has 1 heterocycles. The average Bonchev–Trinajstić information content (AvgIpc) is 3.46. The summed E-state index contributed by atoms with van der Waals surface area (Å²) in [6.07, 6.45) is 19.6. The second-order valence-corrected chi connectivity index (χ2v) is 7.19. The van der Waals surface area contributed by atoms with Gasteiger partial charge in [-0.05, 0) is 56.2 Å². The maximum Gasteiger partial charge on any atom is 0.119 e. The van der Waals surface area contributed by atoms with E-state index < -0.39 is 0 Å². The van der Waals surface area contributed by atoms with Gasteiger partial charge in [-0.15, -0.1) is 0 Å². The quantitative estimate of drug-likeness (QED) is 0.206. The predicted molar refractivity (Wildman–Crippen MR) is 106 cm³/mol. The highest BCUT2D eigenvalue weighted by atomic mass is 16.6. The Morgan fingerprint density at radius 1 is 1.00 bits per heavy atom. The summed E-state index contributed by atoms with van der Waals surface area (Å²) in [6, 6.07) is 8.52. The third-order valence-electron chi connectivity index (χ3n) is 4.71. The largest absolute Gasteiger partial charge is 0.491 e. The second kappa shape index (κ2) is 13.0. The summed E-state index contributed by atoms with van der Waals surface area (Å²) in [4.78, 5) is 0. The average molecular weight is 345 g/mol. The summed E-state index contributed by atoms with van der Waals surface area (Å²) in [5, 5.41) is 0. The van der Waals surface area contributed by atoms with Crippen LogP contribution in [0.3, 0.4) is 0 Å². The van der Waals surface area contributed by atoms with Crippen LogP contribution in [0.15, 0.2) is 36.4 Å². The van der Waals surface area contributed by atoms with E-state index in [0.29, 0.717) is 12.7 Å². The van der Waals surface area contributed by atoms with E-state index in [1.807, 2.05) is 6.07 Å². The molecule has 1 unspecified atom stereocenters. The van der Waals surface area contributed by atoms with Gasteiger partial charge in [0, 0.05) is 0 Å². The van der Waals surface area contributed by atoms with Gasteiger partial charge < -0.3 is 9.47 Å². The lowest BCUT2D eigenvalue weighted by molar-refractivity contribution is 0.263. The summed E-state index contributed by atoms with van der Waals surface area (Å²) >= 11 is 0. The van der Waals surface area contributed by atoms with Crippen molar-refractivity contribution in [1.29, 1.82) is 0 Å². The molecule has 0 amide bonds. The number of allylic oxidation sites excluding steroid dienone is 2. The van der Waals surface area contributed by atoms with E-state index in [4.69, 9.17) is 9.47 Å². The lowest BCUT2D eigenvalue weighted by Gasteiger charge is -2.06. The van der Waals surface area contributed by atoms with Gasteiger partial charge in [0.1, 0.15) is 18.5 Å². The van der Waals surface area contributed by atoms with Crippen LogP contribution in [0.2, 0.25) is 0 Å². The Balaban J connectivity index is 1.45. The van der Waals surface area contributed by atoms with E-state index in [0.717, 1.165) is 18.8 Å². The highest BCUT2D eigenvalue weighted by Gasteiger charge is 2.22. The van der Waals surface area contributed by atoms with Crippen molar-refractivity contribution in [3.05, 3.63) is 42.0 Å². The number of hydrogen-bond donors (Lipinski definition) is 0. The van der Waals surface area contributed by atoms with Crippen molar-refractivity contribution in [2.75, 3.05) is 13.2 Å². The zero-order valence-corrected chi connectivity index (χ0v) is 16.1. The minimum Gasteiger partial charge on any atom is -0.491 e. The molecule has 1 atom stereocenters. The Labute approximate surface area is 154 Å². The molecule has 2 rings (SSSR count). The molecule has 2 heteroatoms. The van der Waals surface area contributed by atoms with Crippen LogP contribution < -0.4 is 4.74 Å². The lowest BCUT2D eigenvalue weighted by atomic mass is 10.1. The van der Waals surface area contributed by atoms with Gasteiger partial charge in [-0.2, -0.15) is 0 Å². The first-order valence-corrected chi connectivity index (χ1v) is 10.4. The van der Waals surface area contributed by atoms with Crippen molar-refractivity contribution >= 4 is 0 Å². The van der Waals surface area contributed by atoms with Crippen LogP contribution in [-0.2, 0) is 11.2 Å². The van der Waals surface area contributed by atoms with Gasteiger partial charge in [0.05, 0.1) is 6.61 Å². The third kappa shape index (κ3) is 10.3. The monoisotopic (exact) mass is 344 g/mol. The molecule has 0 aromatic heterocycles. The van der Waals surface area contributed by atoms with E-state index in [-0.39, 0.29) is 0 Å². The predicted octanol–water partition coefficient (Wildman–Crippen LogP) is 6.48. The topological polar surface area (TPSA) is 21.8 Å². The van der Waals surface area contributed by atoms with E-state index in [2.05, 4.69) is 37.3 Å². The zero-order valence-electron chi connectivity index (χ0n) is 16.1. The fourth-order valence-corrected chi connectivity index (χ4v) is 3.01. The molecule has 1 aliphatic rings. The minimum atomic E-state index is 0.326. The molecule has 1 fully saturated rings. The summed E-state index contributed by atoms with van der Waals surface area (Å²) in [6.45, 7) is 3.82. The molecule has 25 heavy (non-hydrogen) atoms. The lowest BCUT2D eigenvalue weighted by Crippen LogP contribution is -2.04. The maximum atomic E-state index is 5.75. The SMILES string of the molecule is CCCCCCCC/C=C/CCCCc1cccc(OCC2CO2)c1. The number of hydrogen-bond acceptors (Lipinski definition) is 2. The van der Waals surface area contributed by atoms with Gasteiger partial charge in [0.25, 0.3) is 0 Å². The van der Waals surface area contributed by atoms with E-state index >= 15 is 0 Å². The van der Waals surface area contributed by atoms with Crippen molar-refractivity contribution < 1.29 is 9.47 Å². The molecule has 0 N–H and O–H groups in total. The summed E-state index contributed by atoms with van der Waals surface area (Å²) in [5.41, 5.74) is 1.38. The van der Waals surface area contributed by atoms with E-state index in [9.17, 15) is 0 Å². The summed E-state index contributed by atoms with van der Waals surface area (Å²) in [7, 11) is 0. The Hall–Kier alpha value is -1.28. The van der Waals surface area contributed by atoms with Crippen molar-refractivity contribution in [1.82, 2.24) is 0 Å². The molecular formula is C23H36O2. The number of epoxide rings is 1. The Morgan fingerprint density at radius 3 is 2.48 bits per heavy atom. The summed E-state index contributed by atoms with van der Waals surface area (Å²) in [5.74, 6) is 0.979. The normalized spacial score (nSPS) is 16.4. The van der Waals surface area contributed by atoms with Gasteiger partial charge in [-0.1, -0.05) is 63.3 Å². The fourth-order valence-electron chi connectivity index (χ4n) is 3.01. The third-order valence-corrected chi connectivity index (χ3v) is 4.71. The standard InChI is InChI=1S/C23H36O2/c1-2-3-4-5-6-7-8-9-10-11-12-13-15-21-16-14-17-22(18-21)24-19-23-20-25-23/h9-10,14,16-18,23H,2-8,11-13,15,19-20H2,1H3/b10-9+. The molecule has 1 aliphatic heterocycles. The number of aryl methyl sites for hydroxylation is 1. The Kier molecular flexibility index (Phi) is 10.4. The number of unbranched alkanes of at least 4 members (excludes halogenated alkanes) is 8. The van der Waals surface area contributed by atoms with Crippen LogP contribution in [0.5, 0.6) is 5.75 Å². The first-order valence-electron chi connectivity index (χ1n) is 10.4.